The minimum atomic E-state index is -0.876. The molecule has 0 saturated heterocycles. The van der Waals surface area contributed by atoms with Gasteiger partial charge < -0.3 is 14.2 Å². The van der Waals surface area contributed by atoms with Crippen LogP contribution in [0.2, 0.25) is 0 Å². The molecule has 4 rings (SSSR count). The Morgan fingerprint density at radius 3 is 2.43 bits per heavy atom. The second-order valence-corrected chi connectivity index (χ2v) is 7.44. The summed E-state index contributed by atoms with van der Waals surface area (Å²) in [4.78, 5) is 13.3. The maximum atomic E-state index is 13.3. The molecule has 3 atom stereocenters. The van der Waals surface area contributed by atoms with Crippen molar-refractivity contribution in [1.29, 1.82) is 10.7 Å². The highest BCUT2D eigenvalue weighted by Crippen LogP contribution is 2.47. The number of benzene rings is 2. The molecule has 30 heavy (non-hydrogen) atoms. The number of allylic oxidation sites excluding steroid dienone is 2. The number of nitrogens with zero attached hydrogens (tertiary/aromatic N) is 1. The number of carbonyl (C=O) groups is 1. The molecular weight excluding hydrogens is 380 g/mol. The van der Waals surface area contributed by atoms with Crippen molar-refractivity contribution in [2.45, 2.75) is 24.7 Å². The van der Waals surface area contributed by atoms with Crippen LogP contribution in [0.1, 0.15) is 35.8 Å². The molecule has 0 aromatic heterocycles. The van der Waals surface area contributed by atoms with Crippen molar-refractivity contribution in [3.63, 3.8) is 0 Å². The number of methoxy groups -OCH3 is 2. The van der Waals surface area contributed by atoms with Crippen LogP contribution in [0.5, 0.6) is 11.5 Å². The van der Waals surface area contributed by atoms with Crippen LogP contribution >= 0.6 is 0 Å². The number of carbonyl (C=O) groups excluding carboxylic acids is 1. The van der Waals surface area contributed by atoms with Crippen molar-refractivity contribution >= 4 is 11.7 Å². The summed E-state index contributed by atoms with van der Waals surface area (Å²) in [5.74, 6) is -0.0571. The normalized spacial score (nSPS) is 23.3. The predicted molar refractivity (Wildman–Crippen MR) is 111 cm³/mol. The molecule has 1 aliphatic heterocycles. The quantitative estimate of drug-likeness (QED) is 0.821. The number of nitrogens with one attached hydrogen (secondary N) is 1. The van der Waals surface area contributed by atoms with Crippen molar-refractivity contribution in [2.75, 3.05) is 14.2 Å². The number of Topliss-reactive ketones (excluding diaryl/α,β-unsaturated/α-hetero) is 1. The molecule has 0 radical (unpaired) electrons. The molecule has 6 heteroatoms. The van der Waals surface area contributed by atoms with E-state index in [1.807, 2.05) is 36.4 Å². The largest absolute Gasteiger partial charge is 0.493 e. The molecule has 2 aromatic rings. The van der Waals surface area contributed by atoms with E-state index in [1.54, 1.807) is 19.2 Å². The fourth-order valence-corrected chi connectivity index (χ4v) is 4.35. The third-order valence-corrected chi connectivity index (χ3v) is 5.80. The van der Waals surface area contributed by atoms with Gasteiger partial charge in [-0.2, -0.15) is 5.26 Å². The summed E-state index contributed by atoms with van der Waals surface area (Å²) < 4.78 is 16.4. The summed E-state index contributed by atoms with van der Waals surface area (Å²) in [6, 6.07) is 17.3. The monoisotopic (exact) mass is 402 g/mol. The lowest BCUT2D eigenvalue weighted by Crippen LogP contribution is -2.36. The van der Waals surface area contributed by atoms with Crippen LogP contribution in [-0.2, 0) is 9.53 Å². The van der Waals surface area contributed by atoms with Gasteiger partial charge in [-0.05, 0) is 29.2 Å². The van der Waals surface area contributed by atoms with Gasteiger partial charge in [-0.3, -0.25) is 10.2 Å². The van der Waals surface area contributed by atoms with E-state index in [0.29, 0.717) is 35.7 Å². The molecule has 2 aromatic carbocycles. The zero-order valence-electron chi connectivity index (χ0n) is 16.8. The first-order valence-electron chi connectivity index (χ1n) is 9.76. The topological polar surface area (TPSA) is 92.4 Å². The number of hydrogen-bond donors (Lipinski definition) is 1. The van der Waals surface area contributed by atoms with Crippen LogP contribution in [0.3, 0.4) is 0 Å². The summed E-state index contributed by atoms with van der Waals surface area (Å²) >= 11 is 0. The second kappa shape index (κ2) is 8.03. The lowest BCUT2D eigenvalue weighted by atomic mass is 9.71. The Morgan fingerprint density at radius 1 is 1.03 bits per heavy atom. The van der Waals surface area contributed by atoms with E-state index in [9.17, 15) is 10.1 Å². The average molecular weight is 402 g/mol. The van der Waals surface area contributed by atoms with Gasteiger partial charge in [-0.1, -0.05) is 36.4 Å². The fraction of sp³-hybridized carbons (Fsp3) is 0.292. The first kappa shape index (κ1) is 19.7. The number of ether oxygens (including phenoxy) is 3. The van der Waals surface area contributed by atoms with E-state index in [4.69, 9.17) is 19.6 Å². The fourth-order valence-electron chi connectivity index (χ4n) is 4.35. The van der Waals surface area contributed by atoms with Gasteiger partial charge in [0.1, 0.15) is 11.7 Å². The number of ketones is 1. The van der Waals surface area contributed by atoms with E-state index in [-0.39, 0.29) is 17.6 Å². The molecular formula is C24H22N2O4. The van der Waals surface area contributed by atoms with E-state index in [0.717, 1.165) is 11.1 Å². The number of hydrogen-bond acceptors (Lipinski definition) is 6. The number of rotatable bonds is 4. The zero-order chi connectivity index (χ0) is 21.3. The third-order valence-electron chi connectivity index (χ3n) is 5.80. The molecule has 1 unspecified atom stereocenters. The first-order chi connectivity index (χ1) is 14.6. The minimum absolute atomic E-state index is 0.00469. The van der Waals surface area contributed by atoms with Crippen molar-refractivity contribution in [1.82, 2.24) is 0 Å². The molecule has 152 valence electrons. The van der Waals surface area contributed by atoms with Crippen molar-refractivity contribution < 1.29 is 19.0 Å². The second-order valence-electron chi connectivity index (χ2n) is 7.44. The molecule has 0 amide bonds. The minimum Gasteiger partial charge on any atom is -0.493 e. The van der Waals surface area contributed by atoms with Gasteiger partial charge in [0, 0.05) is 24.3 Å². The van der Waals surface area contributed by atoms with Gasteiger partial charge in [0.15, 0.2) is 17.3 Å². The van der Waals surface area contributed by atoms with Crippen LogP contribution in [0, 0.1) is 22.7 Å². The van der Waals surface area contributed by atoms with Crippen LogP contribution < -0.4 is 9.47 Å². The maximum Gasteiger partial charge on any atom is 0.205 e. The summed E-state index contributed by atoms with van der Waals surface area (Å²) in [6.45, 7) is 0. The van der Waals surface area contributed by atoms with Gasteiger partial charge in [0.05, 0.1) is 20.3 Å². The Morgan fingerprint density at radius 2 is 1.77 bits per heavy atom. The Hall–Kier alpha value is -3.59. The molecule has 0 bridgehead atoms. The highest BCUT2D eigenvalue weighted by Gasteiger charge is 2.44. The number of nitriles is 1. The van der Waals surface area contributed by atoms with Crippen molar-refractivity contribution in [3.05, 3.63) is 71.0 Å². The Labute approximate surface area is 175 Å². The van der Waals surface area contributed by atoms with Gasteiger partial charge in [-0.15, -0.1) is 0 Å². The van der Waals surface area contributed by atoms with E-state index >= 15 is 0 Å². The van der Waals surface area contributed by atoms with Gasteiger partial charge in [0.2, 0.25) is 5.90 Å². The summed E-state index contributed by atoms with van der Waals surface area (Å²) in [5.41, 5.74) is 2.29. The molecule has 1 heterocycles. The Kier molecular flexibility index (Phi) is 5.28. The van der Waals surface area contributed by atoms with Crippen LogP contribution in [0.4, 0.5) is 0 Å². The van der Waals surface area contributed by atoms with Gasteiger partial charge >= 0.3 is 0 Å². The van der Waals surface area contributed by atoms with Crippen molar-refractivity contribution in [2.24, 2.45) is 5.92 Å². The molecule has 1 N–H and O–H groups in total. The molecule has 2 aliphatic rings. The molecule has 0 spiro atoms. The van der Waals surface area contributed by atoms with Gasteiger partial charge in [0.25, 0.3) is 0 Å². The Bertz CT molecular complexity index is 1070. The summed E-state index contributed by atoms with van der Waals surface area (Å²) in [5, 5.41) is 18.1. The van der Waals surface area contributed by atoms with E-state index in [1.165, 1.54) is 7.11 Å². The lowest BCUT2D eigenvalue weighted by Gasteiger charge is -2.36. The first-order valence-corrected chi connectivity index (χ1v) is 9.76. The average Bonchev–Trinajstić information content (AvgIpc) is 2.78. The zero-order valence-corrected chi connectivity index (χ0v) is 16.8. The van der Waals surface area contributed by atoms with E-state index < -0.39 is 11.8 Å². The standard InChI is InChI=1S/C24H22N2O4/c1-28-19-9-8-15(11-20(19)29-2)22-17(13-25)24(26)30-21-12-16(10-18(27)23(21)22)14-6-4-3-5-7-14/h3-9,11,16-17,22,26H,10,12H2,1-2H3/t16-,17?,22-/m1/s1. The predicted octanol–water partition coefficient (Wildman–Crippen LogP) is 4.34. The molecule has 1 aliphatic carbocycles. The third kappa shape index (κ3) is 3.33. The van der Waals surface area contributed by atoms with Crippen LogP contribution in [0.25, 0.3) is 0 Å². The summed E-state index contributed by atoms with van der Waals surface area (Å²) in [7, 11) is 3.09. The molecule has 0 saturated carbocycles. The molecule has 0 fully saturated rings. The van der Waals surface area contributed by atoms with E-state index in [2.05, 4.69) is 6.07 Å². The highest BCUT2D eigenvalue weighted by molar-refractivity contribution is 6.02. The van der Waals surface area contributed by atoms with Crippen LogP contribution in [0.15, 0.2) is 59.9 Å². The highest BCUT2D eigenvalue weighted by atomic mass is 16.5. The maximum absolute atomic E-state index is 13.3. The van der Waals surface area contributed by atoms with Gasteiger partial charge in [-0.25, -0.2) is 0 Å². The summed E-state index contributed by atoms with van der Waals surface area (Å²) in [6.07, 6.45) is 0.872. The van der Waals surface area contributed by atoms with Crippen molar-refractivity contribution in [3.8, 4) is 17.6 Å². The molecule has 6 nitrogen and oxygen atoms in total. The van der Waals surface area contributed by atoms with Crippen LogP contribution in [-0.4, -0.2) is 25.9 Å². The Balaban J connectivity index is 1.80. The SMILES string of the molecule is COc1ccc([C@H]2C3=C(C[C@H](c4ccccc4)CC3=O)OC(=N)C2C#N)cc1OC. The smallest absolute Gasteiger partial charge is 0.205 e. The lowest BCUT2D eigenvalue weighted by molar-refractivity contribution is -0.117.